The van der Waals surface area contributed by atoms with Crippen molar-refractivity contribution < 1.29 is 0 Å². The summed E-state index contributed by atoms with van der Waals surface area (Å²) in [6.07, 6.45) is 69.4. The number of unbranched alkanes of at least 4 members (excludes halogenated alkanes) is 18. The van der Waals surface area contributed by atoms with E-state index < -0.39 is 0 Å². The first-order valence-electron chi connectivity index (χ1n) is 44.7. The minimum absolute atomic E-state index is 0.573. The third kappa shape index (κ3) is 32.9. The van der Waals surface area contributed by atoms with E-state index in [0.29, 0.717) is 17.5 Å². The normalized spacial score (nSPS) is 12.1. The average molecular weight is 1550 g/mol. The molecule has 9 aromatic carbocycles. The van der Waals surface area contributed by atoms with Gasteiger partial charge in [-0.15, -0.1) is 0 Å². The van der Waals surface area contributed by atoms with E-state index >= 15 is 0 Å². The summed E-state index contributed by atoms with van der Waals surface area (Å²) in [6.45, 7) is 20.6. The fraction of sp³-hybridized carbons (Fsp3) is 0.324. The Kier molecular flexibility index (Phi) is 39.2. The van der Waals surface area contributed by atoms with Crippen LogP contribution in [-0.4, -0.2) is 54.2 Å². The summed E-state index contributed by atoms with van der Waals surface area (Å²) in [5, 5.41) is 0. The van der Waals surface area contributed by atoms with Gasteiger partial charge in [-0.05, 0) is 177 Å². The number of nitrogens with zero attached hydrogens (tertiary/aromatic N) is 6. The van der Waals surface area contributed by atoms with E-state index in [9.17, 15) is 0 Å². The summed E-state index contributed by atoms with van der Waals surface area (Å²) in [4.78, 5) is 22.7. The predicted molar refractivity (Wildman–Crippen MR) is 520 cm³/mol. The molecule has 0 aliphatic heterocycles. The molecule has 0 atom stereocenters. The molecule has 606 valence electrons. The third-order valence-corrected chi connectivity index (χ3v) is 21.9. The van der Waals surface area contributed by atoms with Crippen LogP contribution in [0, 0.1) is 0 Å². The Hall–Kier alpha value is -11.0. The highest BCUT2D eigenvalue weighted by molar-refractivity contribution is 5.79. The van der Waals surface area contributed by atoms with E-state index in [2.05, 4.69) is 366 Å². The second kappa shape index (κ2) is 51.9. The molecule has 10 rings (SSSR count). The molecule has 117 heavy (non-hydrogen) atoms. The number of aromatic nitrogens is 3. The van der Waals surface area contributed by atoms with Crippen molar-refractivity contribution in [1.29, 1.82) is 0 Å². The molecule has 0 fully saturated rings. The molecule has 6 nitrogen and oxygen atoms in total. The van der Waals surface area contributed by atoms with E-state index in [1.807, 2.05) is 18.2 Å². The van der Waals surface area contributed by atoms with Crippen LogP contribution in [0.5, 0.6) is 0 Å². The van der Waals surface area contributed by atoms with Crippen molar-refractivity contribution in [3.63, 3.8) is 0 Å². The maximum atomic E-state index is 4.95. The van der Waals surface area contributed by atoms with Crippen LogP contribution in [0.4, 0.5) is 17.1 Å². The topological polar surface area (TPSA) is 48.4 Å². The minimum Gasteiger partial charge on any atom is -0.372 e. The number of benzene rings is 9. The van der Waals surface area contributed by atoms with Crippen LogP contribution >= 0.6 is 0 Å². The van der Waals surface area contributed by atoms with Gasteiger partial charge in [0.1, 0.15) is 0 Å². The average Bonchev–Trinajstić information content (AvgIpc) is 0.861. The summed E-state index contributed by atoms with van der Waals surface area (Å²) in [5.41, 5.74) is 21.2. The van der Waals surface area contributed by atoms with Crippen LogP contribution in [0.2, 0.25) is 0 Å². The fourth-order valence-electron chi connectivity index (χ4n) is 14.5. The van der Waals surface area contributed by atoms with Gasteiger partial charge in [-0.25, -0.2) is 15.0 Å². The summed E-state index contributed by atoms with van der Waals surface area (Å²) in [7, 11) is 0. The van der Waals surface area contributed by atoms with Gasteiger partial charge in [-0.1, -0.05) is 430 Å². The largest absolute Gasteiger partial charge is 0.372 e. The van der Waals surface area contributed by atoms with Crippen LogP contribution in [0.15, 0.2) is 218 Å². The number of hydrogen-bond acceptors (Lipinski definition) is 6. The molecule has 1 heterocycles. The Morgan fingerprint density at radius 1 is 0.154 bits per heavy atom. The number of rotatable bonds is 51. The molecule has 0 aliphatic carbocycles. The lowest BCUT2D eigenvalue weighted by Crippen LogP contribution is -2.25. The van der Waals surface area contributed by atoms with Gasteiger partial charge < -0.3 is 14.7 Å². The third-order valence-electron chi connectivity index (χ3n) is 21.9. The Bertz CT molecular complexity index is 4170. The zero-order valence-corrected chi connectivity index (χ0v) is 71.6. The van der Waals surface area contributed by atoms with E-state index in [4.69, 9.17) is 15.0 Å². The molecule has 0 radical (unpaired) electrons. The second-order valence-corrected chi connectivity index (χ2v) is 31.5. The minimum atomic E-state index is 0.573. The molecule has 6 heteroatoms. The molecule has 0 unspecified atom stereocenters. The Balaban J connectivity index is 0.768. The van der Waals surface area contributed by atoms with Crippen molar-refractivity contribution in [3.8, 4) is 0 Å². The van der Waals surface area contributed by atoms with Crippen molar-refractivity contribution in [3.05, 3.63) is 319 Å². The highest BCUT2D eigenvalue weighted by Crippen LogP contribution is 2.26. The molecule has 0 saturated heterocycles. The molecule has 0 amide bonds. The van der Waals surface area contributed by atoms with Gasteiger partial charge in [-0.2, -0.15) is 0 Å². The van der Waals surface area contributed by atoms with Gasteiger partial charge in [-0.3, -0.25) is 0 Å². The van der Waals surface area contributed by atoms with E-state index in [1.54, 1.807) is 0 Å². The molecule has 0 bridgehead atoms. The quantitative estimate of drug-likeness (QED) is 0.0280. The van der Waals surface area contributed by atoms with Crippen molar-refractivity contribution >= 4 is 126 Å². The van der Waals surface area contributed by atoms with Gasteiger partial charge in [0.05, 0.1) is 0 Å². The summed E-state index contributed by atoms with van der Waals surface area (Å²) in [6, 6.07) is 79.5. The first-order chi connectivity index (χ1) is 57.7. The molecule has 0 saturated carbocycles. The Morgan fingerprint density at radius 3 is 0.402 bits per heavy atom. The van der Waals surface area contributed by atoms with Gasteiger partial charge in [0.2, 0.25) is 0 Å². The lowest BCUT2D eigenvalue weighted by Gasteiger charge is -2.25. The maximum Gasteiger partial charge on any atom is 0.156 e. The zero-order valence-electron chi connectivity index (χ0n) is 71.6. The van der Waals surface area contributed by atoms with E-state index in [-0.39, 0.29) is 0 Å². The SMILES string of the molecule is CCCCCCN(CCCCCC)c1ccc(/C=C/c2ccc(/C=C/c3ccc(/C=C/c4nc(/C=C/c5ccc(/C=C/c6ccc(/C=C/c7ccc(N(CCCCCC)CCCCCC)cc7)cc6)cc5)nc(/C=C/c5ccc(/C=C/c6ccc(/C=C/c7ccc(N(CCCCCC)CCCCCC)cc7)cc6)cc5)n4)cc3)cc2)cc1. The Morgan fingerprint density at radius 2 is 0.274 bits per heavy atom. The number of anilines is 3. The monoisotopic (exact) mass is 1550 g/mol. The zero-order chi connectivity index (χ0) is 81.4. The van der Waals surface area contributed by atoms with Crippen molar-refractivity contribution in [2.75, 3.05) is 54.0 Å². The Labute approximate surface area is 705 Å². The standard InChI is InChI=1S/C111H132N6/c1-7-13-19-25-85-115(86-26-20-14-8-2)106-76-67-103(68-77-106)64-55-94-40-31-91(32-41-94)37-46-97-49-58-100(59-50-97)73-82-109-112-110(83-74-101-60-51-98(52-61-101)47-38-92-33-42-95(43-34-92)56-65-104-69-78-107(79-70-104)116(87-27-21-15-9-3)88-28-22-16-10-4)114-111(113-109)84-75-102-62-53-99(54-63-102)48-39-93-35-44-96(45-36-93)57-66-105-71-80-108(81-72-105)117(89-29-23-17-11-5)90-30-24-18-12-6/h31-84H,7-30,85-90H2,1-6H3/b46-37+,47-38+,48-39+,64-55+,65-56+,66-57+,82-73+,83-74+,84-75+. The smallest absolute Gasteiger partial charge is 0.156 e. The highest BCUT2D eigenvalue weighted by Gasteiger charge is 2.12. The van der Waals surface area contributed by atoms with Crippen LogP contribution in [-0.2, 0) is 0 Å². The molecule has 1 aromatic heterocycles. The lowest BCUT2D eigenvalue weighted by atomic mass is 10.1. The lowest BCUT2D eigenvalue weighted by molar-refractivity contribution is 0.609. The first-order valence-corrected chi connectivity index (χ1v) is 44.7. The fourth-order valence-corrected chi connectivity index (χ4v) is 14.5. The molecular formula is C111H132N6. The summed E-state index contributed by atoms with van der Waals surface area (Å²) in [5.74, 6) is 1.72. The number of hydrogen-bond donors (Lipinski definition) is 0. The van der Waals surface area contributed by atoms with Gasteiger partial charge in [0.15, 0.2) is 17.5 Å². The van der Waals surface area contributed by atoms with Crippen LogP contribution in [0.3, 0.4) is 0 Å². The molecule has 0 N–H and O–H groups in total. The van der Waals surface area contributed by atoms with Gasteiger partial charge >= 0.3 is 0 Å². The molecule has 10 aromatic rings. The van der Waals surface area contributed by atoms with Crippen LogP contribution in [0.25, 0.3) is 109 Å². The summed E-state index contributed by atoms with van der Waals surface area (Å²) >= 11 is 0. The first kappa shape index (κ1) is 88.4. The second-order valence-electron chi connectivity index (χ2n) is 31.5. The predicted octanol–water partition coefficient (Wildman–Crippen LogP) is 31.3. The van der Waals surface area contributed by atoms with Gasteiger partial charge in [0.25, 0.3) is 0 Å². The van der Waals surface area contributed by atoms with E-state index in [0.717, 1.165) is 89.3 Å². The van der Waals surface area contributed by atoms with E-state index in [1.165, 1.54) is 205 Å². The molecule has 0 spiro atoms. The van der Waals surface area contributed by atoms with Gasteiger partial charge in [0, 0.05) is 56.3 Å². The summed E-state index contributed by atoms with van der Waals surface area (Å²) < 4.78 is 0. The van der Waals surface area contributed by atoms with Crippen molar-refractivity contribution in [2.24, 2.45) is 0 Å². The van der Waals surface area contributed by atoms with Crippen LogP contribution < -0.4 is 14.7 Å². The van der Waals surface area contributed by atoms with Crippen LogP contribution in [0.1, 0.15) is 297 Å². The molecular weight excluding hydrogens is 1420 g/mol. The van der Waals surface area contributed by atoms with Crippen molar-refractivity contribution in [2.45, 2.75) is 196 Å². The highest BCUT2D eigenvalue weighted by atomic mass is 15.1. The maximum absolute atomic E-state index is 4.95. The van der Waals surface area contributed by atoms with Crippen molar-refractivity contribution in [1.82, 2.24) is 15.0 Å². The molecule has 0 aliphatic rings.